The summed E-state index contributed by atoms with van der Waals surface area (Å²) in [6, 6.07) is 32.5. The van der Waals surface area contributed by atoms with E-state index in [-0.39, 0.29) is 38.3 Å². The van der Waals surface area contributed by atoms with Crippen LogP contribution in [0.5, 0.6) is 0 Å². The molecule has 0 N–H and O–H groups in total. The highest BCUT2D eigenvalue weighted by Crippen LogP contribution is 2.49. The van der Waals surface area contributed by atoms with Gasteiger partial charge in [-0.15, -0.1) is 0 Å². The summed E-state index contributed by atoms with van der Waals surface area (Å²) in [6.07, 6.45) is 9.56. The number of nitrogens with zero attached hydrogens (tertiary/aromatic N) is 7. The maximum absolute atomic E-state index is 13.7. The average molecular weight is 920 g/mol. The van der Waals surface area contributed by atoms with Crippen LogP contribution < -0.4 is 0 Å². The summed E-state index contributed by atoms with van der Waals surface area (Å²) < 4.78 is 13.7. The van der Waals surface area contributed by atoms with Crippen LogP contribution in [0.3, 0.4) is 0 Å². The SMILES string of the molecule is [C-]#[N+]CC1(C(C)(C)C)CCN(CCc2ccccc2)CC1.[C-]#[N+]CC1(C(C)(C)C)CCN(Cc2ccc(-c3ccccn3)cc2)CC1.[C-]#[N+]CC1(C(C)(C)C)CCN(Cc2ccccc2F)CC1. The number of halogens is 1. The molecule has 7 nitrogen and oxygen atoms in total. The van der Waals surface area contributed by atoms with Gasteiger partial charge in [0.25, 0.3) is 0 Å². The van der Waals surface area contributed by atoms with Crippen molar-refractivity contribution in [2.75, 3.05) is 65.4 Å². The maximum atomic E-state index is 13.7. The normalized spacial score (nSPS) is 18.6. The number of rotatable bonds is 11. The summed E-state index contributed by atoms with van der Waals surface area (Å²) >= 11 is 0. The zero-order valence-electron chi connectivity index (χ0n) is 43.3. The van der Waals surface area contributed by atoms with Crippen LogP contribution in [0.15, 0.2) is 103 Å². The van der Waals surface area contributed by atoms with Crippen molar-refractivity contribution < 1.29 is 4.39 Å². The molecule has 8 heteroatoms. The van der Waals surface area contributed by atoms with Crippen molar-refractivity contribution in [2.24, 2.45) is 32.5 Å². The smallest absolute Gasteiger partial charge is 0.220 e. The van der Waals surface area contributed by atoms with Crippen molar-refractivity contribution in [3.05, 3.63) is 160 Å². The Morgan fingerprint density at radius 2 is 0.926 bits per heavy atom. The van der Waals surface area contributed by atoms with Crippen LogP contribution in [0, 0.1) is 58.0 Å². The second-order valence-electron chi connectivity index (χ2n) is 23.2. The van der Waals surface area contributed by atoms with Gasteiger partial charge >= 0.3 is 0 Å². The fourth-order valence-corrected chi connectivity index (χ4v) is 10.7. The Kier molecular flexibility index (Phi) is 19.1. The van der Waals surface area contributed by atoms with Crippen molar-refractivity contribution in [1.82, 2.24) is 19.7 Å². The molecule has 3 aromatic carbocycles. The van der Waals surface area contributed by atoms with Gasteiger partial charge in [-0.05, 0) is 130 Å². The van der Waals surface area contributed by atoms with Crippen LogP contribution in [0.1, 0.15) is 118 Å². The second kappa shape index (κ2) is 24.1. The lowest BCUT2D eigenvalue weighted by molar-refractivity contribution is 0.0170. The molecule has 0 unspecified atom stereocenters. The van der Waals surface area contributed by atoms with Crippen LogP contribution in [-0.2, 0) is 19.5 Å². The van der Waals surface area contributed by atoms with Crippen LogP contribution in [0.4, 0.5) is 4.39 Å². The molecule has 0 aliphatic carbocycles. The van der Waals surface area contributed by atoms with Crippen molar-refractivity contribution in [3.63, 3.8) is 0 Å². The summed E-state index contributed by atoms with van der Waals surface area (Å²) in [5, 5.41) is 0. The molecule has 3 fully saturated rings. The lowest BCUT2D eigenvalue weighted by Crippen LogP contribution is -2.48. The van der Waals surface area contributed by atoms with Crippen LogP contribution in [0.2, 0.25) is 0 Å². The van der Waals surface area contributed by atoms with Gasteiger partial charge in [0.15, 0.2) is 0 Å². The summed E-state index contributed by atoms with van der Waals surface area (Å²) in [6.45, 7) is 53.5. The van der Waals surface area contributed by atoms with Gasteiger partial charge in [-0.25, -0.2) is 24.1 Å². The highest BCUT2D eigenvalue weighted by molar-refractivity contribution is 5.59. The first-order chi connectivity index (χ1) is 32.3. The van der Waals surface area contributed by atoms with E-state index in [1.165, 1.54) is 17.2 Å². The average Bonchev–Trinajstić information content (AvgIpc) is 3.31. The molecular formula is C60H82FN7. The fraction of sp³-hybridized carbons (Fsp3) is 0.567. The van der Waals surface area contributed by atoms with E-state index in [0.717, 1.165) is 114 Å². The van der Waals surface area contributed by atoms with Gasteiger partial charge in [0.1, 0.15) is 5.82 Å². The van der Waals surface area contributed by atoms with Gasteiger partial charge < -0.3 is 19.4 Å². The van der Waals surface area contributed by atoms with E-state index in [0.29, 0.717) is 26.2 Å². The lowest BCUT2D eigenvalue weighted by atomic mass is 9.61. The Balaban J connectivity index is 0.000000192. The van der Waals surface area contributed by atoms with E-state index >= 15 is 0 Å². The van der Waals surface area contributed by atoms with Crippen LogP contribution in [-0.4, -0.2) is 85.1 Å². The zero-order valence-corrected chi connectivity index (χ0v) is 43.3. The predicted molar refractivity (Wildman–Crippen MR) is 281 cm³/mol. The topological polar surface area (TPSA) is 35.7 Å². The Bertz CT molecular complexity index is 2240. The molecule has 1 aromatic heterocycles. The monoisotopic (exact) mass is 920 g/mol. The molecule has 68 heavy (non-hydrogen) atoms. The molecule has 0 bridgehead atoms. The number of hydrogen-bond acceptors (Lipinski definition) is 4. The summed E-state index contributed by atoms with van der Waals surface area (Å²) in [7, 11) is 0. The van der Waals surface area contributed by atoms with Gasteiger partial charge in [-0.2, -0.15) is 0 Å². The molecule has 3 aliphatic heterocycles. The Morgan fingerprint density at radius 1 is 0.500 bits per heavy atom. The van der Waals surface area contributed by atoms with Crippen molar-refractivity contribution in [3.8, 4) is 11.3 Å². The fourth-order valence-electron chi connectivity index (χ4n) is 10.7. The molecule has 4 heterocycles. The number of likely N-dealkylation sites (tertiary alicyclic amines) is 3. The molecule has 0 radical (unpaired) electrons. The third-order valence-electron chi connectivity index (χ3n) is 16.6. The molecular weight excluding hydrogens is 838 g/mol. The largest absolute Gasteiger partial charge is 0.316 e. The number of piperidine rings is 3. The number of aromatic nitrogens is 1. The van der Waals surface area contributed by atoms with Gasteiger partial charge in [0, 0.05) is 53.2 Å². The first-order valence-electron chi connectivity index (χ1n) is 25.2. The molecule has 7 rings (SSSR count). The molecule has 3 saturated heterocycles. The van der Waals surface area contributed by atoms with Crippen LogP contribution in [0.25, 0.3) is 25.8 Å². The highest BCUT2D eigenvalue weighted by Gasteiger charge is 2.49. The van der Waals surface area contributed by atoms with Gasteiger partial charge in [-0.3, -0.25) is 14.8 Å². The zero-order chi connectivity index (χ0) is 49.5. The molecule has 4 aromatic rings. The first-order valence-corrected chi connectivity index (χ1v) is 25.2. The molecule has 0 saturated carbocycles. The first kappa shape index (κ1) is 54.0. The van der Waals surface area contributed by atoms with Crippen LogP contribution >= 0.6 is 0 Å². The molecule has 364 valence electrons. The summed E-state index contributed by atoms with van der Waals surface area (Å²) in [5.74, 6) is -0.119. The Morgan fingerprint density at radius 3 is 1.35 bits per heavy atom. The third-order valence-corrected chi connectivity index (χ3v) is 16.6. The molecule has 0 atom stereocenters. The van der Waals surface area contributed by atoms with Crippen molar-refractivity contribution in [1.29, 1.82) is 0 Å². The highest BCUT2D eigenvalue weighted by atomic mass is 19.1. The molecule has 3 aliphatic rings. The van der Waals surface area contributed by atoms with Gasteiger partial charge in [0.2, 0.25) is 19.6 Å². The Labute approximate surface area is 412 Å². The predicted octanol–water partition coefficient (Wildman–Crippen LogP) is 13.9. The molecule has 0 spiro atoms. The molecule has 0 amide bonds. The maximum Gasteiger partial charge on any atom is 0.220 e. The summed E-state index contributed by atoms with van der Waals surface area (Å²) in [4.78, 5) is 23.0. The summed E-state index contributed by atoms with van der Waals surface area (Å²) in [5.41, 5.74) is 6.74. The van der Waals surface area contributed by atoms with E-state index in [4.69, 9.17) is 19.7 Å². The number of benzene rings is 3. The van der Waals surface area contributed by atoms with E-state index < -0.39 is 0 Å². The van der Waals surface area contributed by atoms with Crippen molar-refractivity contribution >= 4 is 0 Å². The third kappa shape index (κ3) is 14.3. The van der Waals surface area contributed by atoms with Gasteiger partial charge in [-0.1, -0.05) is 141 Å². The number of pyridine rings is 1. The van der Waals surface area contributed by atoms with Crippen molar-refractivity contribution in [2.45, 2.75) is 120 Å². The van der Waals surface area contributed by atoms with E-state index in [1.54, 1.807) is 6.07 Å². The second-order valence-corrected chi connectivity index (χ2v) is 23.2. The van der Waals surface area contributed by atoms with Gasteiger partial charge in [0.05, 0.1) is 5.69 Å². The van der Waals surface area contributed by atoms with E-state index in [1.807, 2.05) is 36.5 Å². The van der Waals surface area contributed by atoms with E-state index in [9.17, 15) is 4.39 Å². The Hall–Kier alpha value is -4.91. The minimum atomic E-state index is -0.119. The number of hydrogen-bond donors (Lipinski definition) is 0. The quantitative estimate of drug-likeness (QED) is 0.140. The van der Waals surface area contributed by atoms with E-state index in [2.05, 4.69) is 151 Å². The minimum Gasteiger partial charge on any atom is -0.316 e. The minimum absolute atomic E-state index is 0.0977. The lowest BCUT2D eigenvalue weighted by Gasteiger charge is -2.46. The standard InChI is InChI=1S/C23H29N3.C19H28N2.C18H25FN2/c1-22(2,3)23(18-24-4)12-15-26(16-13-23)17-19-8-10-20(11-9-19)21-7-5-6-14-25-21;1-18(2,3)19(16-20-4)11-14-21(15-12-19)13-10-17-8-6-5-7-9-17;1-17(2,3)18(14-20-4)9-11-21(12-10-18)13-15-7-5-6-8-16(15)19/h5-11,14H,12-13,15-18H2,1-3H3;5-9H,10-16H2,1-3H3;5-8H,9-14H2,1-3H3.